The number of thiophene rings is 1. The molecule has 0 radical (unpaired) electrons. The summed E-state index contributed by atoms with van der Waals surface area (Å²) in [6, 6.07) is 3.81. The van der Waals surface area contributed by atoms with Crippen LogP contribution < -0.4 is 5.32 Å². The van der Waals surface area contributed by atoms with Crippen molar-refractivity contribution in [2.24, 2.45) is 0 Å². The number of thioether (sulfide) groups is 1. The number of amides is 2. The van der Waals surface area contributed by atoms with Gasteiger partial charge in [0.2, 0.25) is 5.91 Å². The quantitative estimate of drug-likeness (QED) is 0.378. The molecule has 1 aliphatic heterocycles. The van der Waals surface area contributed by atoms with E-state index in [2.05, 4.69) is 5.32 Å². The fourth-order valence-corrected chi connectivity index (χ4v) is 4.12. The Kier molecular flexibility index (Phi) is 7.60. The molecule has 0 unspecified atom stereocenters. The van der Waals surface area contributed by atoms with Gasteiger partial charge in [-0.15, -0.1) is 11.3 Å². The Morgan fingerprint density at radius 3 is 2.80 bits per heavy atom. The first-order valence-corrected chi connectivity index (χ1v) is 9.85. The summed E-state index contributed by atoms with van der Waals surface area (Å²) in [6.45, 7) is 0.361. The van der Waals surface area contributed by atoms with Gasteiger partial charge < -0.3 is 10.4 Å². The molecule has 25 heavy (non-hydrogen) atoms. The van der Waals surface area contributed by atoms with Crippen molar-refractivity contribution in [1.82, 2.24) is 10.2 Å². The predicted octanol–water partition coefficient (Wildman–Crippen LogP) is 2.71. The molecule has 2 amide bonds. The van der Waals surface area contributed by atoms with E-state index in [-0.39, 0.29) is 24.8 Å². The zero-order chi connectivity index (χ0) is 18.2. The molecule has 134 valence electrons. The van der Waals surface area contributed by atoms with Crippen LogP contribution in [0.4, 0.5) is 0 Å². The Bertz CT molecular complexity index is 686. The van der Waals surface area contributed by atoms with Crippen LogP contribution in [0.2, 0.25) is 0 Å². The molecular formula is C16H18N2O4S3. The highest BCUT2D eigenvalue weighted by atomic mass is 32.2. The lowest BCUT2D eigenvalue weighted by atomic mass is 10.2. The number of nitrogens with zero attached hydrogens (tertiary/aromatic N) is 1. The van der Waals surface area contributed by atoms with Gasteiger partial charge >= 0.3 is 5.97 Å². The molecule has 0 saturated carbocycles. The summed E-state index contributed by atoms with van der Waals surface area (Å²) < 4.78 is 0.379. The minimum Gasteiger partial charge on any atom is -0.481 e. The second-order valence-corrected chi connectivity index (χ2v) is 7.99. The molecule has 2 rings (SSSR count). The number of nitrogens with one attached hydrogen (secondary N) is 1. The topological polar surface area (TPSA) is 86.7 Å². The number of carboxylic acid groups (broad SMARTS) is 1. The van der Waals surface area contributed by atoms with Gasteiger partial charge in [-0.3, -0.25) is 19.3 Å². The van der Waals surface area contributed by atoms with Gasteiger partial charge in [0, 0.05) is 17.8 Å². The van der Waals surface area contributed by atoms with Crippen LogP contribution in [0.5, 0.6) is 0 Å². The van der Waals surface area contributed by atoms with Crippen LogP contribution in [0.25, 0.3) is 6.08 Å². The molecule has 1 aromatic rings. The number of carbonyl (C=O) groups is 3. The number of carbonyl (C=O) groups excluding carboxylic acids is 2. The minimum absolute atomic E-state index is 0.0957. The first-order valence-electron chi connectivity index (χ1n) is 7.74. The number of rotatable bonds is 9. The zero-order valence-corrected chi connectivity index (χ0v) is 15.8. The Labute approximate surface area is 159 Å². The van der Waals surface area contributed by atoms with E-state index in [4.69, 9.17) is 17.3 Å². The summed E-state index contributed by atoms with van der Waals surface area (Å²) in [7, 11) is 0. The summed E-state index contributed by atoms with van der Waals surface area (Å²) >= 11 is 7.93. The van der Waals surface area contributed by atoms with Gasteiger partial charge in [-0.05, 0) is 30.4 Å². The SMILES string of the molecule is O=C(O)CCCCCNC(=O)CN1C(=O)/C(=C/c2cccs2)SC1=S. The maximum absolute atomic E-state index is 12.4. The van der Waals surface area contributed by atoms with Gasteiger partial charge in [-0.2, -0.15) is 0 Å². The lowest BCUT2D eigenvalue weighted by molar-refractivity contribution is -0.137. The molecule has 1 aromatic heterocycles. The molecule has 9 heteroatoms. The molecule has 0 bridgehead atoms. The molecule has 0 atom stereocenters. The highest BCUT2D eigenvalue weighted by Crippen LogP contribution is 2.32. The Balaban J connectivity index is 1.76. The fourth-order valence-electron chi connectivity index (χ4n) is 2.14. The molecule has 2 heterocycles. The van der Waals surface area contributed by atoms with E-state index in [1.54, 1.807) is 6.08 Å². The molecule has 0 aliphatic carbocycles. The van der Waals surface area contributed by atoms with Crippen molar-refractivity contribution in [1.29, 1.82) is 0 Å². The van der Waals surface area contributed by atoms with Crippen molar-refractivity contribution < 1.29 is 19.5 Å². The van der Waals surface area contributed by atoms with Crippen LogP contribution in [0.15, 0.2) is 22.4 Å². The van der Waals surface area contributed by atoms with Crippen LogP contribution >= 0.6 is 35.3 Å². The van der Waals surface area contributed by atoms with Gasteiger partial charge in [0.15, 0.2) is 0 Å². The van der Waals surface area contributed by atoms with Crippen LogP contribution in [0.1, 0.15) is 30.6 Å². The fraction of sp³-hybridized carbons (Fsp3) is 0.375. The van der Waals surface area contributed by atoms with Gasteiger partial charge in [0.25, 0.3) is 5.91 Å². The largest absolute Gasteiger partial charge is 0.481 e. The standard InChI is InChI=1S/C16H18N2O4S3/c19-13(17-7-3-1-2-6-14(20)21)10-18-15(22)12(25-16(18)23)9-11-5-4-8-24-11/h4-5,8-9H,1-3,6-7,10H2,(H,17,19)(H,20,21)/b12-9-. The van der Waals surface area contributed by atoms with Crippen LogP contribution in [0, 0.1) is 0 Å². The average molecular weight is 399 g/mol. The summed E-state index contributed by atoms with van der Waals surface area (Å²) in [5.74, 6) is -1.33. The van der Waals surface area contributed by atoms with Crippen LogP contribution in [-0.2, 0) is 14.4 Å². The third kappa shape index (κ3) is 6.26. The smallest absolute Gasteiger partial charge is 0.303 e. The lowest BCUT2D eigenvalue weighted by Crippen LogP contribution is -2.39. The molecule has 1 fully saturated rings. The first-order chi connectivity index (χ1) is 12.0. The second kappa shape index (κ2) is 9.69. The minimum atomic E-state index is -0.811. The van der Waals surface area contributed by atoms with Crippen LogP contribution in [-0.4, -0.2) is 45.2 Å². The van der Waals surface area contributed by atoms with Crippen LogP contribution in [0.3, 0.4) is 0 Å². The number of hydrogen-bond acceptors (Lipinski definition) is 6. The molecule has 6 nitrogen and oxygen atoms in total. The highest BCUT2D eigenvalue weighted by Gasteiger charge is 2.33. The molecular weight excluding hydrogens is 380 g/mol. The van der Waals surface area contributed by atoms with Gasteiger partial charge in [0.1, 0.15) is 10.9 Å². The zero-order valence-electron chi connectivity index (χ0n) is 13.4. The lowest BCUT2D eigenvalue weighted by Gasteiger charge is -2.14. The monoisotopic (exact) mass is 398 g/mol. The van der Waals surface area contributed by atoms with Crippen molar-refractivity contribution in [2.45, 2.75) is 25.7 Å². The number of hydrogen-bond donors (Lipinski definition) is 2. The Hall–Kier alpha value is -1.71. The normalized spacial score (nSPS) is 15.8. The third-order valence-electron chi connectivity index (χ3n) is 3.38. The Morgan fingerprint density at radius 1 is 1.32 bits per heavy atom. The van der Waals surface area contributed by atoms with Crippen molar-refractivity contribution in [2.75, 3.05) is 13.1 Å². The van der Waals surface area contributed by atoms with E-state index in [1.807, 2.05) is 17.5 Å². The number of thiocarbonyl (C=S) groups is 1. The van der Waals surface area contributed by atoms with Crippen molar-refractivity contribution in [3.8, 4) is 0 Å². The van der Waals surface area contributed by atoms with E-state index in [0.29, 0.717) is 28.6 Å². The van der Waals surface area contributed by atoms with E-state index in [1.165, 1.54) is 28.0 Å². The van der Waals surface area contributed by atoms with E-state index >= 15 is 0 Å². The molecule has 1 saturated heterocycles. The third-order valence-corrected chi connectivity index (χ3v) is 5.58. The van der Waals surface area contributed by atoms with E-state index < -0.39 is 5.97 Å². The second-order valence-electron chi connectivity index (χ2n) is 5.34. The van der Waals surface area contributed by atoms with Crippen molar-refractivity contribution >= 4 is 63.5 Å². The summed E-state index contributed by atoms with van der Waals surface area (Å²) in [5, 5.41) is 13.2. The van der Waals surface area contributed by atoms with E-state index in [9.17, 15) is 14.4 Å². The number of aliphatic carboxylic acids is 1. The van der Waals surface area contributed by atoms with E-state index in [0.717, 1.165) is 11.3 Å². The van der Waals surface area contributed by atoms with Gasteiger partial charge in [-0.25, -0.2) is 0 Å². The molecule has 2 N–H and O–H groups in total. The van der Waals surface area contributed by atoms with Crippen molar-refractivity contribution in [3.63, 3.8) is 0 Å². The molecule has 0 spiro atoms. The molecule has 0 aromatic carbocycles. The highest BCUT2D eigenvalue weighted by molar-refractivity contribution is 8.26. The summed E-state index contributed by atoms with van der Waals surface area (Å²) in [4.78, 5) is 37.5. The average Bonchev–Trinajstić information content (AvgIpc) is 3.15. The molecule has 1 aliphatic rings. The predicted molar refractivity (Wildman–Crippen MR) is 103 cm³/mol. The maximum atomic E-state index is 12.4. The number of carboxylic acids is 1. The summed E-state index contributed by atoms with van der Waals surface area (Å²) in [6.07, 6.45) is 3.95. The maximum Gasteiger partial charge on any atom is 0.303 e. The summed E-state index contributed by atoms with van der Waals surface area (Å²) in [5.41, 5.74) is 0. The Morgan fingerprint density at radius 2 is 2.12 bits per heavy atom. The van der Waals surface area contributed by atoms with Gasteiger partial charge in [-0.1, -0.05) is 36.5 Å². The van der Waals surface area contributed by atoms with Crippen molar-refractivity contribution in [3.05, 3.63) is 27.3 Å². The first kappa shape index (κ1) is 19.6. The number of unbranched alkanes of at least 4 members (excludes halogenated alkanes) is 2. The van der Waals surface area contributed by atoms with Gasteiger partial charge in [0.05, 0.1) is 4.91 Å².